The summed E-state index contributed by atoms with van der Waals surface area (Å²) in [6.45, 7) is 0. The number of ether oxygens (including phenoxy) is 1. The van der Waals surface area contributed by atoms with Crippen molar-refractivity contribution in [2.24, 2.45) is 0 Å². The minimum atomic E-state index is -1.01. The van der Waals surface area contributed by atoms with Gasteiger partial charge in [0.1, 0.15) is 0 Å². The van der Waals surface area contributed by atoms with E-state index in [4.69, 9.17) is 10.8 Å². The van der Waals surface area contributed by atoms with Crippen LogP contribution in [0.4, 0.5) is 5.69 Å². The number of rotatable bonds is 5. The topological polar surface area (TPSA) is 89.6 Å². The maximum Gasteiger partial charge on any atom is 0.328 e. The Morgan fingerprint density at radius 1 is 1.44 bits per heavy atom. The second-order valence-corrected chi connectivity index (χ2v) is 3.71. The number of nitrogens with two attached hydrogens (primary N) is 1. The average Bonchev–Trinajstić information content (AvgIpc) is 2.35. The molecule has 0 saturated heterocycles. The Labute approximate surface area is 105 Å². The Bertz CT molecular complexity index is 480. The van der Waals surface area contributed by atoms with Crippen LogP contribution in [-0.2, 0) is 20.7 Å². The lowest BCUT2D eigenvalue weighted by molar-refractivity contribution is -0.140. The zero-order valence-corrected chi connectivity index (χ0v) is 10.1. The summed E-state index contributed by atoms with van der Waals surface area (Å²) in [5.74, 6) is -1.32. The van der Waals surface area contributed by atoms with E-state index in [0.29, 0.717) is 12.1 Å². The van der Waals surface area contributed by atoms with Crippen molar-refractivity contribution in [1.29, 1.82) is 0 Å². The molecule has 0 unspecified atom stereocenters. The SMILES string of the molecule is COC(=O)CCc1cc(C=CC(=O)O)ccc1N. The van der Waals surface area contributed by atoms with Crippen LogP contribution in [0.15, 0.2) is 24.3 Å². The highest BCUT2D eigenvalue weighted by atomic mass is 16.5. The summed E-state index contributed by atoms with van der Waals surface area (Å²) >= 11 is 0. The van der Waals surface area contributed by atoms with Crippen molar-refractivity contribution in [3.63, 3.8) is 0 Å². The van der Waals surface area contributed by atoms with E-state index in [9.17, 15) is 9.59 Å². The molecule has 0 saturated carbocycles. The van der Waals surface area contributed by atoms with Crippen LogP contribution in [0.5, 0.6) is 0 Å². The number of hydrogen-bond acceptors (Lipinski definition) is 4. The molecule has 0 aliphatic rings. The van der Waals surface area contributed by atoms with Gasteiger partial charge in [-0.05, 0) is 35.8 Å². The standard InChI is InChI=1S/C13H15NO4/c1-18-13(17)7-4-10-8-9(2-5-11(10)14)3-6-12(15)16/h2-3,5-6,8H,4,7,14H2,1H3,(H,15,16). The first-order valence-corrected chi connectivity index (χ1v) is 5.39. The van der Waals surface area contributed by atoms with Crippen molar-refractivity contribution < 1.29 is 19.4 Å². The maximum atomic E-state index is 11.0. The predicted octanol–water partition coefficient (Wildman–Crippen LogP) is 1.47. The largest absolute Gasteiger partial charge is 0.478 e. The van der Waals surface area contributed by atoms with E-state index in [-0.39, 0.29) is 12.4 Å². The quantitative estimate of drug-likeness (QED) is 0.468. The van der Waals surface area contributed by atoms with Crippen LogP contribution in [0.3, 0.4) is 0 Å². The lowest BCUT2D eigenvalue weighted by atomic mass is 10.0. The van der Waals surface area contributed by atoms with Gasteiger partial charge in [0, 0.05) is 18.2 Å². The molecule has 3 N–H and O–H groups in total. The summed E-state index contributed by atoms with van der Waals surface area (Å²) < 4.78 is 4.55. The predicted molar refractivity (Wildman–Crippen MR) is 67.9 cm³/mol. The monoisotopic (exact) mass is 249 g/mol. The van der Waals surface area contributed by atoms with Gasteiger partial charge in [0.25, 0.3) is 0 Å². The maximum absolute atomic E-state index is 11.0. The summed E-state index contributed by atoms with van der Waals surface area (Å²) in [5.41, 5.74) is 7.88. The van der Waals surface area contributed by atoms with Crippen LogP contribution < -0.4 is 5.73 Å². The summed E-state index contributed by atoms with van der Waals surface area (Å²) in [7, 11) is 1.33. The fraction of sp³-hybridized carbons (Fsp3) is 0.231. The first kappa shape index (κ1) is 13.8. The number of anilines is 1. The fourth-order valence-corrected chi connectivity index (χ4v) is 1.45. The van der Waals surface area contributed by atoms with Crippen molar-refractivity contribution in [2.45, 2.75) is 12.8 Å². The van der Waals surface area contributed by atoms with E-state index in [1.54, 1.807) is 18.2 Å². The van der Waals surface area contributed by atoms with Crippen LogP contribution in [0, 0.1) is 0 Å². The molecule has 0 atom stereocenters. The molecule has 1 aromatic carbocycles. The molecule has 0 bridgehead atoms. The number of methoxy groups -OCH3 is 1. The highest BCUT2D eigenvalue weighted by molar-refractivity contribution is 5.85. The Balaban J connectivity index is 2.81. The molecular weight excluding hydrogens is 234 g/mol. The number of benzene rings is 1. The molecule has 0 aliphatic heterocycles. The van der Waals surface area contributed by atoms with Crippen LogP contribution in [0.1, 0.15) is 17.5 Å². The van der Waals surface area contributed by atoms with Crippen LogP contribution >= 0.6 is 0 Å². The van der Waals surface area contributed by atoms with Crippen molar-refractivity contribution in [2.75, 3.05) is 12.8 Å². The molecule has 0 heterocycles. The molecular formula is C13H15NO4. The van der Waals surface area contributed by atoms with E-state index in [1.165, 1.54) is 13.2 Å². The number of aryl methyl sites for hydroxylation is 1. The van der Waals surface area contributed by atoms with Crippen LogP contribution in [0.2, 0.25) is 0 Å². The number of carbonyl (C=O) groups excluding carboxylic acids is 1. The van der Waals surface area contributed by atoms with Gasteiger partial charge in [-0.2, -0.15) is 0 Å². The summed E-state index contributed by atoms with van der Waals surface area (Å²) in [6, 6.07) is 5.17. The van der Waals surface area contributed by atoms with Crippen molar-refractivity contribution >= 4 is 23.7 Å². The highest BCUT2D eigenvalue weighted by Gasteiger charge is 2.05. The zero-order chi connectivity index (χ0) is 13.5. The molecule has 96 valence electrons. The summed E-state index contributed by atoms with van der Waals surface area (Å²) in [5, 5.41) is 8.53. The summed E-state index contributed by atoms with van der Waals surface area (Å²) in [4.78, 5) is 21.4. The number of nitrogen functional groups attached to an aromatic ring is 1. The molecule has 0 aliphatic carbocycles. The molecule has 18 heavy (non-hydrogen) atoms. The molecule has 0 radical (unpaired) electrons. The van der Waals surface area contributed by atoms with Gasteiger partial charge in [-0.15, -0.1) is 0 Å². The fourth-order valence-electron chi connectivity index (χ4n) is 1.45. The third-order valence-corrected chi connectivity index (χ3v) is 2.41. The van der Waals surface area contributed by atoms with Gasteiger partial charge in [0.15, 0.2) is 0 Å². The molecule has 5 nitrogen and oxygen atoms in total. The third kappa shape index (κ3) is 4.29. The van der Waals surface area contributed by atoms with Crippen molar-refractivity contribution in [3.8, 4) is 0 Å². The van der Waals surface area contributed by atoms with Crippen LogP contribution in [-0.4, -0.2) is 24.2 Å². The lowest BCUT2D eigenvalue weighted by Crippen LogP contribution is -2.03. The molecule has 0 aromatic heterocycles. The number of hydrogen-bond donors (Lipinski definition) is 2. The van der Waals surface area contributed by atoms with Gasteiger partial charge in [-0.25, -0.2) is 4.79 Å². The van der Waals surface area contributed by atoms with E-state index in [1.807, 2.05) is 0 Å². The summed E-state index contributed by atoms with van der Waals surface area (Å²) in [6.07, 6.45) is 3.24. The molecule has 5 heteroatoms. The first-order valence-electron chi connectivity index (χ1n) is 5.39. The van der Waals surface area contributed by atoms with Gasteiger partial charge >= 0.3 is 11.9 Å². The van der Waals surface area contributed by atoms with E-state index >= 15 is 0 Å². The molecule has 0 amide bonds. The molecule has 0 spiro atoms. The van der Waals surface area contributed by atoms with Gasteiger partial charge in [-0.1, -0.05) is 6.07 Å². The number of esters is 1. The Morgan fingerprint density at radius 2 is 2.17 bits per heavy atom. The smallest absolute Gasteiger partial charge is 0.328 e. The number of carboxylic acids is 1. The highest BCUT2D eigenvalue weighted by Crippen LogP contribution is 2.17. The number of carbonyl (C=O) groups is 2. The molecule has 1 aromatic rings. The normalized spacial score (nSPS) is 10.5. The third-order valence-electron chi connectivity index (χ3n) is 2.41. The van der Waals surface area contributed by atoms with E-state index < -0.39 is 5.97 Å². The lowest BCUT2D eigenvalue weighted by Gasteiger charge is -2.06. The van der Waals surface area contributed by atoms with Gasteiger partial charge in [0.05, 0.1) is 7.11 Å². The first-order chi connectivity index (χ1) is 8.52. The number of aliphatic carboxylic acids is 1. The van der Waals surface area contributed by atoms with Crippen molar-refractivity contribution in [1.82, 2.24) is 0 Å². The van der Waals surface area contributed by atoms with Gasteiger partial charge in [0.2, 0.25) is 0 Å². The van der Waals surface area contributed by atoms with Gasteiger partial charge in [-0.3, -0.25) is 4.79 Å². The van der Waals surface area contributed by atoms with Crippen molar-refractivity contribution in [3.05, 3.63) is 35.4 Å². The van der Waals surface area contributed by atoms with Gasteiger partial charge < -0.3 is 15.6 Å². The second-order valence-electron chi connectivity index (χ2n) is 3.71. The minimum Gasteiger partial charge on any atom is -0.478 e. The average molecular weight is 249 g/mol. The zero-order valence-electron chi connectivity index (χ0n) is 10.1. The Hall–Kier alpha value is -2.30. The molecule has 0 fully saturated rings. The Morgan fingerprint density at radius 3 is 2.78 bits per heavy atom. The van der Waals surface area contributed by atoms with E-state index in [2.05, 4.69) is 4.74 Å². The Kier molecular flexibility index (Phi) is 4.92. The van der Waals surface area contributed by atoms with E-state index in [0.717, 1.165) is 17.2 Å². The second kappa shape index (κ2) is 6.44. The number of carboxylic acid groups (broad SMARTS) is 1. The molecule has 1 rings (SSSR count). The van der Waals surface area contributed by atoms with Crippen LogP contribution in [0.25, 0.3) is 6.08 Å². The minimum absolute atomic E-state index is 0.243.